The first kappa shape index (κ1) is 17.5. The van der Waals surface area contributed by atoms with Gasteiger partial charge in [-0.15, -0.1) is 0 Å². The number of hydrazone groups is 1. The average Bonchev–Trinajstić information content (AvgIpc) is 2.54. The maximum atomic E-state index is 12.0. The summed E-state index contributed by atoms with van der Waals surface area (Å²) in [5, 5.41) is 3.79. The Morgan fingerprint density at radius 3 is 2.39 bits per heavy atom. The molecule has 0 amide bonds. The van der Waals surface area contributed by atoms with Crippen LogP contribution in [0.1, 0.15) is 18.9 Å². The minimum atomic E-state index is -3.66. The monoisotopic (exact) mass is 396 g/mol. The zero-order valence-corrected chi connectivity index (χ0v) is 15.0. The molecule has 0 aromatic heterocycles. The average molecular weight is 397 g/mol. The van der Waals surface area contributed by atoms with Crippen LogP contribution >= 0.6 is 15.9 Å². The number of nitrogens with one attached hydrogen (secondary N) is 1. The molecule has 0 saturated heterocycles. The second kappa shape index (κ2) is 8.12. The molecule has 0 saturated carbocycles. The van der Waals surface area contributed by atoms with E-state index in [2.05, 4.69) is 25.9 Å². The van der Waals surface area contributed by atoms with E-state index >= 15 is 0 Å². The quantitative estimate of drug-likeness (QED) is 0.574. The highest BCUT2D eigenvalue weighted by Crippen LogP contribution is 2.14. The second-order valence-electron chi connectivity index (χ2n) is 4.72. The van der Waals surface area contributed by atoms with Crippen LogP contribution in [0.4, 0.5) is 0 Å². The van der Waals surface area contributed by atoms with E-state index in [-0.39, 0.29) is 4.90 Å². The summed E-state index contributed by atoms with van der Waals surface area (Å²) in [4.78, 5) is 2.34. The molecule has 5 nitrogen and oxygen atoms in total. The lowest BCUT2D eigenvalue weighted by atomic mass is 10.2. The van der Waals surface area contributed by atoms with E-state index in [4.69, 9.17) is 4.74 Å². The van der Waals surface area contributed by atoms with Crippen LogP contribution in [0.5, 0.6) is 5.75 Å². The summed E-state index contributed by atoms with van der Waals surface area (Å²) in [5.74, 6) is 0.777. The summed E-state index contributed by atoms with van der Waals surface area (Å²) in [6.07, 6.45) is 2.39. The Morgan fingerprint density at radius 1 is 1.13 bits per heavy atom. The number of benzene rings is 2. The van der Waals surface area contributed by atoms with Gasteiger partial charge in [0.1, 0.15) is 5.75 Å². The van der Waals surface area contributed by atoms with Crippen LogP contribution in [0.2, 0.25) is 0 Å². The summed E-state index contributed by atoms with van der Waals surface area (Å²) < 4.78 is 30.4. The highest BCUT2D eigenvalue weighted by atomic mass is 79.9. The third-order valence-electron chi connectivity index (χ3n) is 2.86. The van der Waals surface area contributed by atoms with Gasteiger partial charge in [0, 0.05) is 4.47 Å². The van der Waals surface area contributed by atoms with Gasteiger partial charge in [-0.1, -0.05) is 22.9 Å². The molecule has 0 unspecified atom stereocenters. The Morgan fingerprint density at radius 2 is 1.78 bits per heavy atom. The molecule has 2 aromatic carbocycles. The molecular formula is C16H17BrN2O3S. The second-order valence-corrected chi connectivity index (χ2v) is 7.30. The van der Waals surface area contributed by atoms with Gasteiger partial charge in [-0.25, -0.2) is 4.83 Å². The molecule has 0 atom stereocenters. The molecule has 0 radical (unpaired) electrons. The molecule has 23 heavy (non-hydrogen) atoms. The van der Waals surface area contributed by atoms with E-state index in [1.165, 1.54) is 18.3 Å². The number of rotatable bonds is 7. The van der Waals surface area contributed by atoms with Crippen LogP contribution in [0.3, 0.4) is 0 Å². The molecule has 0 aliphatic heterocycles. The largest absolute Gasteiger partial charge is 0.494 e. The maximum absolute atomic E-state index is 12.0. The third kappa shape index (κ3) is 5.37. The standard InChI is InChI=1S/C16H17BrN2O3S/c1-2-11-22-15-7-3-13(4-8-15)12-18-19-23(20,21)16-9-5-14(17)6-10-16/h3-10,12,19H,2,11H2,1H3/b18-12+. The highest BCUT2D eigenvalue weighted by Gasteiger charge is 2.11. The summed E-state index contributed by atoms with van der Waals surface area (Å²) in [6.45, 7) is 2.71. The first-order valence-corrected chi connectivity index (χ1v) is 9.32. The number of nitrogens with zero attached hydrogens (tertiary/aromatic N) is 1. The molecule has 0 heterocycles. The molecule has 2 rings (SSSR count). The SMILES string of the molecule is CCCOc1ccc(/C=N/NS(=O)(=O)c2ccc(Br)cc2)cc1. The van der Waals surface area contributed by atoms with Crippen LogP contribution < -0.4 is 9.57 Å². The topological polar surface area (TPSA) is 67.8 Å². The molecule has 7 heteroatoms. The van der Waals surface area contributed by atoms with E-state index in [0.717, 1.165) is 22.2 Å². The van der Waals surface area contributed by atoms with Gasteiger partial charge < -0.3 is 4.74 Å². The van der Waals surface area contributed by atoms with Crippen LogP contribution in [-0.4, -0.2) is 21.2 Å². The Labute approximate surface area is 144 Å². The number of hydrogen-bond donors (Lipinski definition) is 1. The van der Waals surface area contributed by atoms with Crippen LogP contribution in [-0.2, 0) is 10.0 Å². The smallest absolute Gasteiger partial charge is 0.276 e. The predicted molar refractivity (Wildman–Crippen MR) is 94.3 cm³/mol. The van der Waals surface area contributed by atoms with Gasteiger partial charge in [0.15, 0.2) is 0 Å². The van der Waals surface area contributed by atoms with Gasteiger partial charge in [-0.05, 0) is 60.5 Å². The first-order valence-electron chi connectivity index (χ1n) is 7.04. The zero-order valence-electron chi connectivity index (χ0n) is 12.6. The lowest BCUT2D eigenvalue weighted by molar-refractivity contribution is 0.317. The minimum absolute atomic E-state index is 0.154. The van der Waals surface area contributed by atoms with E-state index in [0.29, 0.717) is 6.61 Å². The Bertz CT molecular complexity index is 757. The Kier molecular flexibility index (Phi) is 6.18. The van der Waals surface area contributed by atoms with Crippen molar-refractivity contribution >= 4 is 32.2 Å². The fourth-order valence-electron chi connectivity index (χ4n) is 1.71. The van der Waals surface area contributed by atoms with Crippen molar-refractivity contribution in [2.75, 3.05) is 6.61 Å². The maximum Gasteiger partial charge on any atom is 0.276 e. The fourth-order valence-corrected chi connectivity index (χ4v) is 2.76. The van der Waals surface area contributed by atoms with E-state index in [1.54, 1.807) is 12.1 Å². The zero-order chi connectivity index (χ0) is 16.7. The van der Waals surface area contributed by atoms with Gasteiger partial charge in [-0.3, -0.25) is 0 Å². The number of sulfonamides is 1. The van der Waals surface area contributed by atoms with Crippen LogP contribution in [0.25, 0.3) is 0 Å². The van der Waals surface area contributed by atoms with Crippen molar-refractivity contribution in [3.05, 3.63) is 58.6 Å². The van der Waals surface area contributed by atoms with Crippen molar-refractivity contribution in [1.82, 2.24) is 4.83 Å². The Hall–Kier alpha value is -1.86. The molecule has 1 N–H and O–H groups in total. The first-order chi connectivity index (χ1) is 11.0. The van der Waals surface area contributed by atoms with E-state index < -0.39 is 10.0 Å². The summed E-state index contributed by atoms with van der Waals surface area (Å²) in [7, 11) is -3.66. The van der Waals surface area contributed by atoms with Crippen LogP contribution in [0, 0.1) is 0 Å². The number of halogens is 1. The van der Waals surface area contributed by atoms with Gasteiger partial charge >= 0.3 is 0 Å². The molecule has 0 bridgehead atoms. The molecule has 2 aromatic rings. The van der Waals surface area contributed by atoms with Gasteiger partial charge in [0.25, 0.3) is 10.0 Å². The molecular weight excluding hydrogens is 380 g/mol. The van der Waals surface area contributed by atoms with Crippen molar-refractivity contribution in [1.29, 1.82) is 0 Å². The molecule has 0 aliphatic rings. The van der Waals surface area contributed by atoms with E-state index in [9.17, 15) is 8.42 Å². The van der Waals surface area contributed by atoms with Crippen molar-refractivity contribution in [3.8, 4) is 5.75 Å². The highest BCUT2D eigenvalue weighted by molar-refractivity contribution is 9.10. The molecule has 0 aliphatic carbocycles. The van der Waals surface area contributed by atoms with Gasteiger partial charge in [-0.2, -0.15) is 13.5 Å². The minimum Gasteiger partial charge on any atom is -0.494 e. The fraction of sp³-hybridized carbons (Fsp3) is 0.188. The predicted octanol–water partition coefficient (Wildman–Crippen LogP) is 3.55. The van der Waals surface area contributed by atoms with Crippen molar-refractivity contribution in [3.63, 3.8) is 0 Å². The molecule has 122 valence electrons. The van der Waals surface area contributed by atoms with Crippen molar-refractivity contribution in [2.45, 2.75) is 18.2 Å². The number of hydrogen-bond acceptors (Lipinski definition) is 4. The lowest BCUT2D eigenvalue weighted by Gasteiger charge is -2.04. The summed E-state index contributed by atoms with van der Waals surface area (Å²) >= 11 is 3.26. The number of ether oxygens (including phenoxy) is 1. The summed E-state index contributed by atoms with van der Waals surface area (Å²) in [6, 6.07) is 13.6. The lowest BCUT2D eigenvalue weighted by Crippen LogP contribution is -2.18. The Balaban J connectivity index is 1.99. The summed E-state index contributed by atoms with van der Waals surface area (Å²) in [5.41, 5.74) is 0.771. The molecule has 0 spiro atoms. The van der Waals surface area contributed by atoms with E-state index in [1.807, 2.05) is 31.2 Å². The van der Waals surface area contributed by atoms with Crippen molar-refractivity contribution in [2.24, 2.45) is 5.10 Å². The van der Waals surface area contributed by atoms with Crippen molar-refractivity contribution < 1.29 is 13.2 Å². The third-order valence-corrected chi connectivity index (χ3v) is 4.63. The van der Waals surface area contributed by atoms with Gasteiger partial charge in [0.05, 0.1) is 17.7 Å². The van der Waals surface area contributed by atoms with Crippen LogP contribution in [0.15, 0.2) is 63.0 Å². The van der Waals surface area contributed by atoms with Gasteiger partial charge in [0.2, 0.25) is 0 Å². The molecule has 0 fully saturated rings. The normalized spacial score (nSPS) is 11.6.